The number of ether oxygens (including phenoxy) is 2. The van der Waals surface area contributed by atoms with Gasteiger partial charge in [-0.1, -0.05) is 42.5 Å². The van der Waals surface area contributed by atoms with Crippen LogP contribution in [0.5, 0.6) is 11.5 Å². The molecule has 2 N–H and O–H groups in total. The van der Waals surface area contributed by atoms with E-state index in [4.69, 9.17) is 21.1 Å². The molecule has 4 aromatic rings. The van der Waals surface area contributed by atoms with E-state index in [1.54, 1.807) is 44.6 Å². The van der Waals surface area contributed by atoms with Gasteiger partial charge in [0.25, 0.3) is 0 Å². The summed E-state index contributed by atoms with van der Waals surface area (Å²) in [6.45, 7) is 0.484. The number of carboxylic acids is 1. The topological polar surface area (TPSA) is 93.6 Å². The predicted molar refractivity (Wildman–Crippen MR) is 124 cm³/mol. The maximum atomic E-state index is 11.5. The summed E-state index contributed by atoms with van der Waals surface area (Å²) in [7, 11) is 3.13. The molecule has 0 saturated carbocycles. The van der Waals surface area contributed by atoms with E-state index in [1.165, 1.54) is 0 Å². The van der Waals surface area contributed by atoms with E-state index < -0.39 is 5.97 Å². The van der Waals surface area contributed by atoms with E-state index in [0.29, 0.717) is 34.9 Å². The Morgan fingerprint density at radius 3 is 2.38 bits per heavy atom. The lowest BCUT2D eigenvalue weighted by atomic mass is 9.99. The molecule has 0 aliphatic heterocycles. The Bertz CT molecular complexity index is 1290. The third-order valence-electron chi connectivity index (χ3n) is 5.06. The molecule has 3 aromatic carbocycles. The number of benzene rings is 3. The van der Waals surface area contributed by atoms with Crippen LogP contribution in [0.2, 0.25) is 5.28 Å². The highest BCUT2D eigenvalue weighted by Gasteiger charge is 2.13. The molecule has 32 heavy (non-hydrogen) atoms. The zero-order valence-electron chi connectivity index (χ0n) is 17.4. The Hall–Kier alpha value is -3.84. The highest BCUT2D eigenvalue weighted by Crippen LogP contribution is 2.34. The zero-order chi connectivity index (χ0) is 22.7. The lowest BCUT2D eigenvalue weighted by molar-refractivity contribution is 0.0697. The molecule has 8 heteroatoms. The number of nitrogens with zero attached hydrogens (tertiary/aromatic N) is 2. The third-order valence-corrected chi connectivity index (χ3v) is 5.23. The molecule has 0 aliphatic rings. The van der Waals surface area contributed by atoms with Crippen molar-refractivity contribution in [2.75, 3.05) is 19.5 Å². The Kier molecular flexibility index (Phi) is 6.09. The number of halogens is 1. The molecular weight excluding hydrogens is 430 g/mol. The maximum Gasteiger partial charge on any atom is 0.336 e. The molecule has 162 valence electrons. The summed E-state index contributed by atoms with van der Waals surface area (Å²) >= 11 is 6.12. The zero-order valence-corrected chi connectivity index (χ0v) is 18.2. The highest BCUT2D eigenvalue weighted by molar-refractivity contribution is 6.28. The van der Waals surface area contributed by atoms with Gasteiger partial charge in [-0.15, -0.1) is 0 Å². The van der Waals surface area contributed by atoms with Crippen LogP contribution in [-0.4, -0.2) is 35.3 Å². The van der Waals surface area contributed by atoms with E-state index in [2.05, 4.69) is 15.3 Å². The van der Waals surface area contributed by atoms with E-state index in [-0.39, 0.29) is 10.8 Å². The lowest BCUT2D eigenvalue weighted by Crippen LogP contribution is -2.04. The number of aromatic nitrogens is 2. The number of methoxy groups -OCH3 is 2. The number of nitrogens with one attached hydrogen (secondary N) is 1. The summed E-state index contributed by atoms with van der Waals surface area (Å²) in [6, 6.07) is 18.2. The molecule has 0 unspecified atom stereocenters. The number of hydrogen-bond acceptors (Lipinski definition) is 6. The van der Waals surface area contributed by atoms with Crippen molar-refractivity contribution in [3.05, 3.63) is 77.1 Å². The van der Waals surface area contributed by atoms with Crippen LogP contribution in [0.25, 0.3) is 22.0 Å². The second-order valence-electron chi connectivity index (χ2n) is 6.97. The summed E-state index contributed by atoms with van der Waals surface area (Å²) in [6.07, 6.45) is 0. The molecule has 0 bridgehead atoms. The first kappa shape index (κ1) is 21.4. The average Bonchev–Trinajstić information content (AvgIpc) is 2.81. The Morgan fingerprint density at radius 2 is 1.69 bits per heavy atom. The summed E-state index contributed by atoms with van der Waals surface area (Å²) in [5.74, 6) is 0.737. The molecule has 1 aromatic heterocycles. The van der Waals surface area contributed by atoms with Gasteiger partial charge < -0.3 is 19.9 Å². The number of aromatic carboxylic acids is 1. The van der Waals surface area contributed by atoms with Crippen LogP contribution in [0.4, 0.5) is 5.82 Å². The predicted octanol–water partition coefficient (Wildman–Crippen LogP) is 5.28. The summed E-state index contributed by atoms with van der Waals surface area (Å²) in [5.41, 5.74) is 3.40. The minimum Gasteiger partial charge on any atom is -0.493 e. The molecule has 0 amide bonds. The van der Waals surface area contributed by atoms with Crippen molar-refractivity contribution in [3.63, 3.8) is 0 Å². The number of carbonyl (C=O) groups is 1. The molecule has 0 atom stereocenters. The van der Waals surface area contributed by atoms with Crippen LogP contribution in [-0.2, 0) is 6.54 Å². The quantitative estimate of drug-likeness (QED) is 0.371. The van der Waals surface area contributed by atoms with Crippen molar-refractivity contribution < 1.29 is 19.4 Å². The Labute approximate surface area is 189 Å². The molecule has 0 fully saturated rings. The van der Waals surface area contributed by atoms with Crippen LogP contribution in [0.15, 0.2) is 60.7 Å². The van der Waals surface area contributed by atoms with Crippen molar-refractivity contribution in [2.45, 2.75) is 6.54 Å². The van der Waals surface area contributed by atoms with Crippen LogP contribution in [0.3, 0.4) is 0 Å². The van der Waals surface area contributed by atoms with E-state index in [0.717, 1.165) is 16.5 Å². The molecule has 1 heterocycles. The van der Waals surface area contributed by atoms with Gasteiger partial charge in [-0.3, -0.25) is 0 Å². The first-order chi connectivity index (χ1) is 15.5. The van der Waals surface area contributed by atoms with E-state index >= 15 is 0 Å². The third kappa shape index (κ3) is 4.29. The molecule has 7 nitrogen and oxygen atoms in total. The number of fused-ring (bicyclic) bond motifs is 1. The minimum atomic E-state index is -0.953. The largest absolute Gasteiger partial charge is 0.493 e. The van der Waals surface area contributed by atoms with Gasteiger partial charge in [0.1, 0.15) is 5.82 Å². The normalized spacial score (nSPS) is 10.7. The monoisotopic (exact) mass is 449 g/mol. The van der Waals surface area contributed by atoms with Gasteiger partial charge in [0.2, 0.25) is 5.28 Å². The van der Waals surface area contributed by atoms with Gasteiger partial charge in [0.05, 0.1) is 25.3 Å². The first-order valence-corrected chi connectivity index (χ1v) is 10.1. The Balaban J connectivity index is 1.60. The van der Waals surface area contributed by atoms with Crippen LogP contribution >= 0.6 is 11.6 Å². The second-order valence-corrected chi connectivity index (χ2v) is 7.30. The van der Waals surface area contributed by atoms with Crippen molar-refractivity contribution in [3.8, 4) is 22.6 Å². The van der Waals surface area contributed by atoms with Crippen LogP contribution in [0, 0.1) is 0 Å². The summed E-state index contributed by atoms with van der Waals surface area (Å²) in [4.78, 5) is 20.1. The molecule has 0 saturated heterocycles. The first-order valence-electron chi connectivity index (χ1n) is 9.75. The Morgan fingerprint density at radius 1 is 1.00 bits per heavy atom. The van der Waals surface area contributed by atoms with Gasteiger partial charge in [-0.05, 0) is 40.4 Å². The minimum absolute atomic E-state index is 0.118. The van der Waals surface area contributed by atoms with Crippen molar-refractivity contribution in [1.82, 2.24) is 9.97 Å². The standard InChI is InChI=1S/C24H20ClN3O4/c1-31-20-11-18-19(12-21(20)32-2)27-24(25)28-22(18)26-13-14-7-9-15(10-8-14)16-5-3-4-6-17(16)23(29)30/h3-12H,13H2,1-2H3,(H,29,30)(H,26,27,28). The fourth-order valence-corrected chi connectivity index (χ4v) is 3.65. The second kappa shape index (κ2) is 9.11. The van der Waals surface area contributed by atoms with Gasteiger partial charge >= 0.3 is 5.97 Å². The van der Waals surface area contributed by atoms with Gasteiger partial charge in [0.15, 0.2) is 11.5 Å². The van der Waals surface area contributed by atoms with E-state index in [9.17, 15) is 9.90 Å². The molecule has 0 radical (unpaired) electrons. The lowest BCUT2D eigenvalue weighted by Gasteiger charge is -2.13. The fraction of sp³-hybridized carbons (Fsp3) is 0.125. The number of rotatable bonds is 7. The van der Waals surface area contributed by atoms with Crippen LogP contribution < -0.4 is 14.8 Å². The average molecular weight is 450 g/mol. The maximum absolute atomic E-state index is 11.5. The smallest absolute Gasteiger partial charge is 0.336 e. The van der Waals surface area contributed by atoms with Crippen molar-refractivity contribution >= 4 is 34.3 Å². The molecule has 0 spiro atoms. The summed E-state index contributed by atoms with van der Waals surface area (Å²) < 4.78 is 10.7. The van der Waals surface area contributed by atoms with Gasteiger partial charge in [-0.25, -0.2) is 14.8 Å². The van der Waals surface area contributed by atoms with Gasteiger partial charge in [-0.2, -0.15) is 0 Å². The SMILES string of the molecule is COc1cc2nc(Cl)nc(NCc3ccc(-c4ccccc4C(=O)O)cc3)c2cc1OC. The highest BCUT2D eigenvalue weighted by atomic mass is 35.5. The number of anilines is 1. The van der Waals surface area contributed by atoms with Crippen molar-refractivity contribution in [1.29, 1.82) is 0 Å². The molecule has 0 aliphatic carbocycles. The fourth-order valence-electron chi connectivity index (χ4n) is 3.47. The molecular formula is C24H20ClN3O4. The van der Waals surface area contributed by atoms with Gasteiger partial charge in [0, 0.05) is 18.0 Å². The van der Waals surface area contributed by atoms with Crippen LogP contribution in [0.1, 0.15) is 15.9 Å². The number of carboxylic acid groups (broad SMARTS) is 1. The summed E-state index contributed by atoms with van der Waals surface area (Å²) in [5, 5.41) is 13.6. The number of hydrogen-bond donors (Lipinski definition) is 2. The van der Waals surface area contributed by atoms with E-state index in [1.807, 2.05) is 30.3 Å². The van der Waals surface area contributed by atoms with Crippen molar-refractivity contribution in [2.24, 2.45) is 0 Å². The molecule has 4 rings (SSSR count).